The summed E-state index contributed by atoms with van der Waals surface area (Å²) in [5, 5.41) is 5.91. The topological polar surface area (TPSA) is 53.6 Å². The van der Waals surface area contributed by atoms with Crippen LogP contribution in [0.15, 0.2) is 46.9 Å². The summed E-state index contributed by atoms with van der Waals surface area (Å²) in [7, 11) is 3.95. The summed E-state index contributed by atoms with van der Waals surface area (Å²) in [4.78, 5) is 14.3. The highest BCUT2D eigenvalue weighted by atomic mass is 79.9. The Hall–Kier alpha value is -2.12. The normalized spacial score (nSPS) is 10.1. The molecule has 2 rings (SSSR count). The monoisotopic (exact) mass is 421 g/mol. The fraction of sp³-hybridized carbons (Fsp3) is 0.222. The smallest absolute Gasteiger partial charge is 0.257 e. The highest BCUT2D eigenvalue weighted by molar-refractivity contribution is 9.10. The van der Waals surface area contributed by atoms with Gasteiger partial charge in [-0.1, -0.05) is 0 Å². The van der Waals surface area contributed by atoms with Crippen LogP contribution in [0.2, 0.25) is 0 Å². The standard InChI is InChI=1S/C18H20BrN3O2S/c1-4-24-16-10-5-12(11-15(16)19)17(23)21-18(25)20-13-6-8-14(9-7-13)22(2)3/h5-11H,4H2,1-3H3,(H2,20,21,23,25). The number of hydrogen-bond donors (Lipinski definition) is 2. The Morgan fingerprint density at radius 1 is 1.20 bits per heavy atom. The molecule has 0 aromatic heterocycles. The van der Waals surface area contributed by atoms with Gasteiger partial charge >= 0.3 is 0 Å². The largest absolute Gasteiger partial charge is 0.493 e. The van der Waals surface area contributed by atoms with Crippen LogP contribution in [0.5, 0.6) is 5.75 Å². The second-order valence-corrected chi connectivity index (χ2v) is 6.69. The molecule has 2 N–H and O–H groups in total. The molecule has 0 aliphatic carbocycles. The second-order valence-electron chi connectivity index (χ2n) is 5.43. The van der Waals surface area contributed by atoms with Gasteiger partial charge in [0.2, 0.25) is 0 Å². The first-order chi connectivity index (χ1) is 11.9. The maximum Gasteiger partial charge on any atom is 0.257 e. The number of carbonyl (C=O) groups is 1. The molecule has 0 heterocycles. The lowest BCUT2D eigenvalue weighted by atomic mass is 10.2. The lowest BCUT2D eigenvalue weighted by molar-refractivity contribution is 0.0977. The van der Waals surface area contributed by atoms with E-state index in [2.05, 4.69) is 26.6 Å². The number of halogens is 1. The lowest BCUT2D eigenvalue weighted by Gasteiger charge is -2.14. The highest BCUT2D eigenvalue weighted by Crippen LogP contribution is 2.26. The first-order valence-electron chi connectivity index (χ1n) is 7.72. The second kappa shape index (κ2) is 8.82. The van der Waals surface area contributed by atoms with Crippen molar-refractivity contribution in [2.45, 2.75) is 6.92 Å². The van der Waals surface area contributed by atoms with E-state index in [0.29, 0.717) is 17.9 Å². The molecule has 0 saturated heterocycles. The van der Waals surface area contributed by atoms with Gasteiger partial charge in [0.05, 0.1) is 11.1 Å². The average molecular weight is 422 g/mol. The van der Waals surface area contributed by atoms with Gasteiger partial charge in [-0.2, -0.15) is 0 Å². The van der Waals surface area contributed by atoms with Crippen LogP contribution in [0.25, 0.3) is 0 Å². The van der Waals surface area contributed by atoms with Gasteiger partial charge in [0.15, 0.2) is 5.11 Å². The predicted octanol–water partition coefficient (Wildman–Crippen LogP) is 4.04. The van der Waals surface area contributed by atoms with E-state index in [9.17, 15) is 4.79 Å². The van der Waals surface area contributed by atoms with Crippen LogP contribution in [0.4, 0.5) is 11.4 Å². The van der Waals surface area contributed by atoms with Crippen molar-refractivity contribution in [2.24, 2.45) is 0 Å². The van der Waals surface area contributed by atoms with Crippen molar-refractivity contribution in [2.75, 3.05) is 30.9 Å². The molecule has 0 saturated carbocycles. The quantitative estimate of drug-likeness (QED) is 0.713. The third-order valence-corrected chi connectivity index (χ3v) is 4.19. The Morgan fingerprint density at radius 2 is 1.88 bits per heavy atom. The zero-order valence-corrected chi connectivity index (χ0v) is 16.7. The molecule has 0 spiro atoms. The number of benzene rings is 2. The highest BCUT2D eigenvalue weighted by Gasteiger charge is 2.11. The molecule has 0 radical (unpaired) electrons. The fourth-order valence-corrected chi connectivity index (χ4v) is 2.80. The summed E-state index contributed by atoms with van der Waals surface area (Å²) in [6.07, 6.45) is 0. The number of rotatable bonds is 5. The molecular formula is C18H20BrN3O2S. The van der Waals surface area contributed by atoms with Gasteiger partial charge in [0.1, 0.15) is 5.75 Å². The maximum atomic E-state index is 12.3. The Kier molecular flexibility index (Phi) is 6.78. The summed E-state index contributed by atoms with van der Waals surface area (Å²) in [5.41, 5.74) is 2.38. The van der Waals surface area contributed by atoms with Gasteiger partial charge in [-0.25, -0.2) is 0 Å². The summed E-state index contributed by atoms with van der Waals surface area (Å²) < 4.78 is 6.16. The third kappa shape index (κ3) is 5.44. The van der Waals surface area contributed by atoms with Crippen LogP contribution in [-0.4, -0.2) is 31.7 Å². The molecule has 5 nitrogen and oxygen atoms in total. The average Bonchev–Trinajstić information content (AvgIpc) is 2.57. The fourth-order valence-electron chi connectivity index (χ4n) is 2.10. The molecule has 0 unspecified atom stereocenters. The number of amides is 1. The van der Waals surface area contributed by atoms with E-state index < -0.39 is 0 Å². The van der Waals surface area contributed by atoms with Crippen LogP contribution < -0.4 is 20.3 Å². The molecule has 7 heteroatoms. The number of nitrogens with one attached hydrogen (secondary N) is 2. The van der Waals surface area contributed by atoms with Crippen LogP contribution in [0, 0.1) is 0 Å². The molecule has 0 bridgehead atoms. The van der Waals surface area contributed by atoms with E-state index in [0.717, 1.165) is 15.8 Å². The number of hydrogen-bond acceptors (Lipinski definition) is 4. The van der Waals surface area contributed by atoms with Gasteiger partial charge < -0.3 is 15.0 Å². The van der Waals surface area contributed by atoms with Gasteiger partial charge in [0.25, 0.3) is 5.91 Å². The summed E-state index contributed by atoms with van der Waals surface area (Å²) >= 11 is 8.60. The van der Waals surface area contributed by atoms with Crippen LogP contribution in [-0.2, 0) is 0 Å². The van der Waals surface area contributed by atoms with Crippen molar-refractivity contribution in [1.82, 2.24) is 5.32 Å². The molecule has 2 aromatic carbocycles. The molecule has 25 heavy (non-hydrogen) atoms. The van der Waals surface area contributed by atoms with Crippen molar-refractivity contribution < 1.29 is 9.53 Å². The van der Waals surface area contributed by atoms with E-state index in [1.807, 2.05) is 50.2 Å². The first kappa shape index (κ1) is 19.2. The number of ether oxygens (including phenoxy) is 1. The van der Waals surface area contributed by atoms with Gasteiger partial charge in [-0.15, -0.1) is 0 Å². The Bertz CT molecular complexity index is 763. The van der Waals surface area contributed by atoms with Crippen molar-refractivity contribution in [3.05, 3.63) is 52.5 Å². The minimum absolute atomic E-state index is 0.243. The van der Waals surface area contributed by atoms with Gasteiger partial charge in [-0.05, 0) is 77.5 Å². The SMILES string of the molecule is CCOc1ccc(C(=O)NC(=S)Nc2ccc(N(C)C)cc2)cc1Br. The van der Waals surface area contributed by atoms with Crippen molar-refractivity contribution >= 4 is 50.5 Å². The number of anilines is 2. The maximum absolute atomic E-state index is 12.3. The van der Waals surface area contributed by atoms with E-state index in [1.165, 1.54) is 0 Å². The molecule has 0 aliphatic heterocycles. The molecule has 132 valence electrons. The van der Waals surface area contributed by atoms with Crippen LogP contribution >= 0.6 is 28.1 Å². The molecule has 1 amide bonds. The Labute approximate surface area is 161 Å². The summed E-state index contributed by atoms with van der Waals surface area (Å²) in [5.74, 6) is 0.409. The minimum atomic E-state index is -0.286. The molecule has 0 atom stereocenters. The Morgan fingerprint density at radius 3 is 2.44 bits per heavy atom. The van der Waals surface area contributed by atoms with Crippen LogP contribution in [0.1, 0.15) is 17.3 Å². The van der Waals surface area contributed by atoms with Gasteiger partial charge in [0, 0.05) is 31.0 Å². The van der Waals surface area contributed by atoms with Crippen LogP contribution in [0.3, 0.4) is 0 Å². The Balaban J connectivity index is 1.97. The number of thiocarbonyl (C=S) groups is 1. The van der Waals surface area contributed by atoms with E-state index >= 15 is 0 Å². The van der Waals surface area contributed by atoms with Crippen molar-refractivity contribution in [3.63, 3.8) is 0 Å². The van der Waals surface area contributed by atoms with Crippen molar-refractivity contribution in [1.29, 1.82) is 0 Å². The first-order valence-corrected chi connectivity index (χ1v) is 8.93. The molecular weight excluding hydrogens is 402 g/mol. The van der Waals surface area contributed by atoms with Gasteiger partial charge in [-0.3, -0.25) is 10.1 Å². The zero-order chi connectivity index (χ0) is 18.4. The van der Waals surface area contributed by atoms with E-state index in [4.69, 9.17) is 17.0 Å². The summed E-state index contributed by atoms with van der Waals surface area (Å²) in [6.45, 7) is 2.47. The third-order valence-electron chi connectivity index (χ3n) is 3.36. The van der Waals surface area contributed by atoms with E-state index in [1.54, 1.807) is 18.2 Å². The number of nitrogens with zero attached hydrogens (tertiary/aromatic N) is 1. The molecule has 0 fully saturated rings. The summed E-state index contributed by atoms with van der Waals surface area (Å²) in [6, 6.07) is 12.9. The lowest BCUT2D eigenvalue weighted by Crippen LogP contribution is -2.34. The molecule has 0 aliphatic rings. The minimum Gasteiger partial charge on any atom is -0.493 e. The number of carbonyl (C=O) groups excluding carboxylic acids is 1. The zero-order valence-electron chi connectivity index (χ0n) is 14.3. The predicted molar refractivity (Wildman–Crippen MR) is 110 cm³/mol. The molecule has 2 aromatic rings. The van der Waals surface area contributed by atoms with Crippen molar-refractivity contribution in [3.8, 4) is 5.75 Å². The van der Waals surface area contributed by atoms with E-state index in [-0.39, 0.29) is 11.0 Å².